The van der Waals surface area contributed by atoms with Crippen LogP contribution in [0.4, 0.5) is 5.82 Å². The zero-order chi connectivity index (χ0) is 13.1. The van der Waals surface area contributed by atoms with Crippen LogP contribution >= 0.6 is 0 Å². The van der Waals surface area contributed by atoms with Gasteiger partial charge in [0, 0.05) is 19.1 Å². The number of hydrogen-bond acceptors (Lipinski definition) is 5. The first-order chi connectivity index (χ1) is 9.36. The summed E-state index contributed by atoms with van der Waals surface area (Å²) in [5.74, 6) is 0.908. The number of aliphatic hydroxyl groups excluding tert-OH is 1. The smallest absolute Gasteiger partial charge is 0.147 e. The second-order valence-electron chi connectivity index (χ2n) is 5.51. The van der Waals surface area contributed by atoms with Gasteiger partial charge in [-0.15, -0.1) is 0 Å². The lowest BCUT2D eigenvalue weighted by molar-refractivity contribution is 0.174. The molecule has 104 valence electrons. The van der Waals surface area contributed by atoms with E-state index >= 15 is 0 Å². The lowest BCUT2D eigenvalue weighted by Gasteiger charge is -2.32. The molecule has 5 heteroatoms. The molecule has 0 bridgehead atoms. The minimum absolute atomic E-state index is 0.0375. The molecule has 1 unspecified atom stereocenters. The average molecular weight is 262 g/mol. The molecule has 0 saturated carbocycles. The molecule has 1 aromatic rings. The summed E-state index contributed by atoms with van der Waals surface area (Å²) in [6.07, 6.45) is 8.72. The first-order valence-electron chi connectivity index (χ1n) is 7.27. The van der Waals surface area contributed by atoms with Gasteiger partial charge < -0.3 is 10.0 Å². The van der Waals surface area contributed by atoms with Crippen molar-refractivity contribution in [2.75, 3.05) is 31.1 Å². The second kappa shape index (κ2) is 5.84. The predicted molar refractivity (Wildman–Crippen MR) is 74.0 cm³/mol. The average Bonchev–Trinajstić information content (AvgIpc) is 2.98. The van der Waals surface area contributed by atoms with E-state index in [1.54, 1.807) is 12.4 Å². The van der Waals surface area contributed by atoms with E-state index < -0.39 is 0 Å². The third-order valence-electron chi connectivity index (χ3n) is 4.23. The van der Waals surface area contributed by atoms with Gasteiger partial charge in [0.15, 0.2) is 0 Å². The van der Waals surface area contributed by atoms with Crippen molar-refractivity contribution >= 4 is 5.82 Å². The van der Waals surface area contributed by atoms with E-state index in [-0.39, 0.29) is 6.61 Å². The molecule has 2 fully saturated rings. The van der Waals surface area contributed by atoms with E-state index in [0.29, 0.717) is 11.7 Å². The Hall–Kier alpha value is -1.20. The highest BCUT2D eigenvalue weighted by atomic mass is 16.3. The molecule has 0 radical (unpaired) electrons. The minimum Gasteiger partial charge on any atom is -0.390 e. The normalized spacial score (nSPS) is 24.9. The number of hydrogen-bond donors (Lipinski definition) is 1. The van der Waals surface area contributed by atoms with Gasteiger partial charge in [-0.2, -0.15) is 0 Å². The van der Waals surface area contributed by atoms with Crippen LogP contribution in [0.3, 0.4) is 0 Å². The van der Waals surface area contributed by atoms with Crippen molar-refractivity contribution in [3.05, 3.63) is 18.1 Å². The van der Waals surface area contributed by atoms with Crippen molar-refractivity contribution in [1.82, 2.24) is 14.9 Å². The molecule has 0 aliphatic carbocycles. The molecule has 0 spiro atoms. The summed E-state index contributed by atoms with van der Waals surface area (Å²) in [6.45, 7) is 4.56. The lowest BCUT2D eigenvalue weighted by atomic mass is 10.1. The van der Waals surface area contributed by atoms with E-state index in [2.05, 4.69) is 19.8 Å². The van der Waals surface area contributed by atoms with Crippen LogP contribution in [0.5, 0.6) is 0 Å². The molecule has 2 saturated heterocycles. The topological polar surface area (TPSA) is 52.5 Å². The SMILES string of the molecule is OCc1cncc(N2CCC(N3CCCCC3)C2)n1. The third kappa shape index (κ3) is 2.87. The molecular formula is C14H22N4O. The molecule has 0 amide bonds. The Kier molecular flexibility index (Phi) is 3.94. The second-order valence-corrected chi connectivity index (χ2v) is 5.51. The summed E-state index contributed by atoms with van der Waals surface area (Å²) < 4.78 is 0. The number of aliphatic hydroxyl groups is 1. The Balaban J connectivity index is 1.64. The van der Waals surface area contributed by atoms with Crippen LogP contribution < -0.4 is 4.90 Å². The zero-order valence-electron chi connectivity index (χ0n) is 11.3. The first-order valence-corrected chi connectivity index (χ1v) is 7.27. The van der Waals surface area contributed by atoms with E-state index in [9.17, 15) is 0 Å². The molecular weight excluding hydrogens is 240 g/mol. The molecule has 3 heterocycles. The highest BCUT2D eigenvalue weighted by molar-refractivity contribution is 5.38. The number of rotatable bonds is 3. The quantitative estimate of drug-likeness (QED) is 0.882. The number of aromatic nitrogens is 2. The summed E-state index contributed by atoms with van der Waals surface area (Å²) in [7, 11) is 0. The first kappa shape index (κ1) is 12.8. The molecule has 2 aliphatic heterocycles. The molecule has 1 atom stereocenters. The summed E-state index contributed by atoms with van der Waals surface area (Å²) in [6, 6.07) is 0.667. The van der Waals surface area contributed by atoms with Crippen molar-refractivity contribution in [1.29, 1.82) is 0 Å². The van der Waals surface area contributed by atoms with Gasteiger partial charge in [0.2, 0.25) is 0 Å². The van der Waals surface area contributed by atoms with E-state index in [1.807, 2.05) is 0 Å². The minimum atomic E-state index is -0.0375. The fourth-order valence-corrected chi connectivity index (χ4v) is 3.15. The van der Waals surface area contributed by atoms with Crippen molar-refractivity contribution in [3.63, 3.8) is 0 Å². The Morgan fingerprint density at radius 2 is 2.00 bits per heavy atom. The van der Waals surface area contributed by atoms with Gasteiger partial charge in [-0.1, -0.05) is 6.42 Å². The molecule has 19 heavy (non-hydrogen) atoms. The predicted octanol–water partition coefficient (Wildman–Crippen LogP) is 1.03. The van der Waals surface area contributed by atoms with Crippen molar-refractivity contribution in [3.8, 4) is 0 Å². The molecule has 1 aromatic heterocycles. The maximum absolute atomic E-state index is 9.13. The summed E-state index contributed by atoms with van der Waals surface area (Å²) in [5, 5.41) is 9.13. The molecule has 5 nitrogen and oxygen atoms in total. The largest absolute Gasteiger partial charge is 0.390 e. The van der Waals surface area contributed by atoms with E-state index in [4.69, 9.17) is 5.11 Å². The van der Waals surface area contributed by atoms with Gasteiger partial charge in [0.05, 0.1) is 24.7 Å². The summed E-state index contributed by atoms with van der Waals surface area (Å²) in [5.41, 5.74) is 0.652. The summed E-state index contributed by atoms with van der Waals surface area (Å²) in [4.78, 5) is 13.5. The molecule has 2 aliphatic rings. The van der Waals surface area contributed by atoms with E-state index in [0.717, 1.165) is 18.9 Å². The maximum Gasteiger partial charge on any atom is 0.147 e. The van der Waals surface area contributed by atoms with Gasteiger partial charge in [0.1, 0.15) is 5.82 Å². The Labute approximate surface area is 114 Å². The highest BCUT2D eigenvalue weighted by Crippen LogP contribution is 2.23. The van der Waals surface area contributed by atoms with Gasteiger partial charge in [-0.3, -0.25) is 9.88 Å². The third-order valence-corrected chi connectivity index (χ3v) is 4.23. The fourth-order valence-electron chi connectivity index (χ4n) is 3.15. The van der Waals surface area contributed by atoms with Crippen LogP contribution in [0.25, 0.3) is 0 Å². The van der Waals surface area contributed by atoms with Gasteiger partial charge in [-0.05, 0) is 32.4 Å². The molecule has 0 aromatic carbocycles. The monoisotopic (exact) mass is 262 g/mol. The van der Waals surface area contributed by atoms with Crippen molar-refractivity contribution in [2.45, 2.75) is 38.3 Å². The van der Waals surface area contributed by atoms with Gasteiger partial charge in [0.25, 0.3) is 0 Å². The van der Waals surface area contributed by atoms with Crippen LogP contribution in [0, 0.1) is 0 Å². The molecule has 3 rings (SSSR count). The van der Waals surface area contributed by atoms with Gasteiger partial charge in [-0.25, -0.2) is 4.98 Å². The lowest BCUT2D eigenvalue weighted by Crippen LogP contribution is -2.41. The van der Waals surface area contributed by atoms with E-state index in [1.165, 1.54) is 38.8 Å². The zero-order valence-corrected chi connectivity index (χ0v) is 11.3. The van der Waals surface area contributed by atoms with Crippen LogP contribution in [0.1, 0.15) is 31.4 Å². The van der Waals surface area contributed by atoms with Gasteiger partial charge >= 0.3 is 0 Å². The number of piperidine rings is 1. The maximum atomic E-state index is 9.13. The number of anilines is 1. The summed E-state index contributed by atoms with van der Waals surface area (Å²) >= 11 is 0. The van der Waals surface area contributed by atoms with Crippen LogP contribution in [-0.2, 0) is 6.61 Å². The Morgan fingerprint density at radius 1 is 1.16 bits per heavy atom. The number of nitrogens with zero attached hydrogens (tertiary/aromatic N) is 4. The van der Waals surface area contributed by atoms with Crippen LogP contribution in [0.15, 0.2) is 12.4 Å². The number of likely N-dealkylation sites (tertiary alicyclic amines) is 1. The Morgan fingerprint density at radius 3 is 2.79 bits per heavy atom. The van der Waals surface area contributed by atoms with Crippen LogP contribution in [0.2, 0.25) is 0 Å². The molecule has 1 N–H and O–H groups in total. The Bertz CT molecular complexity index is 420. The van der Waals surface area contributed by atoms with Crippen molar-refractivity contribution < 1.29 is 5.11 Å². The fraction of sp³-hybridized carbons (Fsp3) is 0.714. The van der Waals surface area contributed by atoms with Crippen molar-refractivity contribution in [2.24, 2.45) is 0 Å². The standard InChI is InChI=1S/C14H22N4O/c19-11-12-8-15-9-14(16-12)18-7-4-13(10-18)17-5-2-1-3-6-17/h8-9,13,19H,1-7,10-11H2. The highest BCUT2D eigenvalue weighted by Gasteiger charge is 2.29. The van der Waals surface area contributed by atoms with Crippen LogP contribution in [-0.4, -0.2) is 52.2 Å².